The monoisotopic (exact) mass is 318 g/mol. The van der Waals surface area contributed by atoms with Gasteiger partial charge in [-0.1, -0.05) is 78.6 Å². The molecule has 0 fully saturated rings. The van der Waals surface area contributed by atoms with Gasteiger partial charge >= 0.3 is 0 Å². The zero-order chi connectivity index (χ0) is 14.2. The zero-order valence-corrected chi connectivity index (χ0v) is 16.2. The SMILES string of the molecule is CCCCCCP(CCCCCC)CCCCCC.[S]. The Labute approximate surface area is 138 Å². The normalized spacial score (nSPS) is 10.8. The van der Waals surface area contributed by atoms with Gasteiger partial charge in [-0.3, -0.25) is 0 Å². The van der Waals surface area contributed by atoms with Crippen LogP contribution in [0.1, 0.15) is 97.8 Å². The Morgan fingerprint density at radius 3 is 1.00 bits per heavy atom. The Balaban J connectivity index is 0. The summed E-state index contributed by atoms with van der Waals surface area (Å²) in [4.78, 5) is 0. The van der Waals surface area contributed by atoms with Gasteiger partial charge in [0.25, 0.3) is 0 Å². The molecule has 0 nitrogen and oxygen atoms in total. The first kappa shape index (κ1) is 23.1. The summed E-state index contributed by atoms with van der Waals surface area (Å²) in [6.07, 6.45) is 22.2. The molecule has 0 aliphatic carbocycles. The highest BCUT2D eigenvalue weighted by Gasteiger charge is 2.07. The fourth-order valence-corrected chi connectivity index (χ4v) is 5.31. The molecule has 0 aliphatic heterocycles. The van der Waals surface area contributed by atoms with Crippen molar-refractivity contribution in [2.45, 2.75) is 97.8 Å². The van der Waals surface area contributed by atoms with Crippen LogP contribution in [0.5, 0.6) is 0 Å². The van der Waals surface area contributed by atoms with E-state index in [0.717, 1.165) is 0 Å². The van der Waals surface area contributed by atoms with E-state index in [9.17, 15) is 0 Å². The van der Waals surface area contributed by atoms with Crippen molar-refractivity contribution in [2.75, 3.05) is 18.5 Å². The van der Waals surface area contributed by atoms with E-state index < -0.39 is 0 Å². The summed E-state index contributed by atoms with van der Waals surface area (Å²) >= 11 is 0. The van der Waals surface area contributed by atoms with Crippen LogP contribution in [0.25, 0.3) is 0 Å². The van der Waals surface area contributed by atoms with Gasteiger partial charge in [-0.05, 0) is 37.7 Å². The molecule has 122 valence electrons. The van der Waals surface area contributed by atoms with Crippen LogP contribution in [0.15, 0.2) is 0 Å². The second kappa shape index (κ2) is 19.8. The first-order valence-corrected chi connectivity index (χ1v) is 11.0. The summed E-state index contributed by atoms with van der Waals surface area (Å²) in [7, 11) is 0.389. The van der Waals surface area contributed by atoms with E-state index in [-0.39, 0.29) is 13.5 Å². The highest BCUT2D eigenvalue weighted by molar-refractivity contribution is 7.59. The summed E-state index contributed by atoms with van der Waals surface area (Å²) in [6.45, 7) is 6.95. The van der Waals surface area contributed by atoms with Crippen molar-refractivity contribution in [3.8, 4) is 0 Å². The molecule has 0 aromatic heterocycles. The van der Waals surface area contributed by atoms with Crippen LogP contribution < -0.4 is 0 Å². The number of hydrogen-bond acceptors (Lipinski definition) is 0. The summed E-state index contributed by atoms with van der Waals surface area (Å²) in [6, 6.07) is 0. The van der Waals surface area contributed by atoms with Crippen LogP contribution in [0.2, 0.25) is 0 Å². The molecule has 0 N–H and O–H groups in total. The molecular weight excluding hydrogens is 279 g/mol. The van der Waals surface area contributed by atoms with E-state index in [1.165, 1.54) is 77.0 Å². The van der Waals surface area contributed by atoms with Gasteiger partial charge < -0.3 is 0 Å². The van der Waals surface area contributed by atoms with Gasteiger partial charge in [0.1, 0.15) is 0 Å². The molecule has 0 saturated carbocycles. The van der Waals surface area contributed by atoms with E-state index in [0.29, 0.717) is 7.92 Å². The lowest BCUT2D eigenvalue weighted by atomic mass is 10.2. The topological polar surface area (TPSA) is 0 Å². The van der Waals surface area contributed by atoms with Gasteiger partial charge in [-0.2, -0.15) is 0 Å². The smallest absolute Gasteiger partial charge is 0 e. The fraction of sp³-hybridized carbons (Fsp3) is 1.00. The summed E-state index contributed by atoms with van der Waals surface area (Å²) in [5, 5.41) is 0. The molecule has 0 bridgehead atoms. The van der Waals surface area contributed by atoms with Crippen molar-refractivity contribution in [2.24, 2.45) is 0 Å². The Kier molecular flexibility index (Phi) is 22.8. The minimum atomic E-state index is 0. The van der Waals surface area contributed by atoms with Gasteiger partial charge in [-0.25, -0.2) is 0 Å². The lowest BCUT2D eigenvalue weighted by Gasteiger charge is -2.17. The highest BCUT2D eigenvalue weighted by atomic mass is 32.1. The molecule has 0 amide bonds. The first-order chi connectivity index (χ1) is 9.35. The van der Waals surface area contributed by atoms with Crippen molar-refractivity contribution in [1.82, 2.24) is 0 Å². The number of unbranched alkanes of at least 4 members (excludes halogenated alkanes) is 9. The number of rotatable bonds is 15. The summed E-state index contributed by atoms with van der Waals surface area (Å²) in [5.41, 5.74) is 0. The van der Waals surface area contributed by atoms with Gasteiger partial charge in [0, 0.05) is 13.5 Å². The molecule has 0 atom stereocenters. The standard InChI is InChI=1S/C18H39P.S/c1-4-7-10-13-16-19(17-14-11-8-5-2)18-15-12-9-6-3;/h4-18H2,1-3H3;. The van der Waals surface area contributed by atoms with Crippen LogP contribution in [-0.2, 0) is 0 Å². The van der Waals surface area contributed by atoms with Crippen molar-refractivity contribution >= 4 is 21.4 Å². The zero-order valence-electron chi connectivity index (χ0n) is 14.5. The van der Waals surface area contributed by atoms with Gasteiger partial charge in [-0.15, -0.1) is 7.92 Å². The molecule has 0 unspecified atom stereocenters. The quantitative estimate of drug-likeness (QED) is 0.213. The van der Waals surface area contributed by atoms with Gasteiger partial charge in [0.15, 0.2) is 0 Å². The van der Waals surface area contributed by atoms with Crippen LogP contribution in [0, 0.1) is 0 Å². The first-order valence-electron chi connectivity index (χ1n) is 9.07. The molecule has 0 aromatic carbocycles. The lowest BCUT2D eigenvalue weighted by Crippen LogP contribution is -1.97. The second-order valence-corrected chi connectivity index (χ2v) is 8.71. The molecule has 2 heteroatoms. The largest absolute Gasteiger partial charge is 0.107 e. The highest BCUT2D eigenvalue weighted by Crippen LogP contribution is 2.39. The fourth-order valence-electron chi connectivity index (χ4n) is 2.62. The lowest BCUT2D eigenvalue weighted by molar-refractivity contribution is 0.687. The van der Waals surface area contributed by atoms with Crippen LogP contribution in [0.3, 0.4) is 0 Å². The third kappa shape index (κ3) is 16.8. The summed E-state index contributed by atoms with van der Waals surface area (Å²) < 4.78 is 0. The van der Waals surface area contributed by atoms with Gasteiger partial charge in [0.05, 0.1) is 0 Å². The second-order valence-electron chi connectivity index (χ2n) is 6.02. The molecule has 0 rings (SSSR count). The van der Waals surface area contributed by atoms with Crippen molar-refractivity contribution in [1.29, 1.82) is 0 Å². The molecule has 20 heavy (non-hydrogen) atoms. The van der Waals surface area contributed by atoms with E-state index in [1.807, 2.05) is 0 Å². The third-order valence-electron chi connectivity index (χ3n) is 3.98. The predicted molar refractivity (Wildman–Crippen MR) is 102 cm³/mol. The van der Waals surface area contributed by atoms with E-state index >= 15 is 0 Å². The average Bonchev–Trinajstić information content (AvgIpc) is 2.43. The average molecular weight is 319 g/mol. The Bertz CT molecular complexity index is 133. The van der Waals surface area contributed by atoms with Crippen LogP contribution >= 0.6 is 21.4 Å². The Hall–Kier alpha value is 0.780. The molecule has 2 radical (unpaired) electrons. The molecule has 0 spiro atoms. The minimum absolute atomic E-state index is 0. The van der Waals surface area contributed by atoms with E-state index in [2.05, 4.69) is 20.8 Å². The molecule has 0 saturated heterocycles. The Morgan fingerprint density at radius 1 is 0.450 bits per heavy atom. The maximum absolute atomic E-state index is 2.32. The van der Waals surface area contributed by atoms with Crippen LogP contribution in [-0.4, -0.2) is 18.5 Å². The van der Waals surface area contributed by atoms with E-state index in [4.69, 9.17) is 0 Å². The maximum Gasteiger partial charge on any atom is 0 e. The summed E-state index contributed by atoms with van der Waals surface area (Å²) in [5.74, 6) is 0. The molecular formula is C18H39PS. The predicted octanol–water partition coefficient (Wildman–Crippen LogP) is 7.86. The van der Waals surface area contributed by atoms with E-state index in [1.54, 1.807) is 18.5 Å². The maximum atomic E-state index is 2.32. The minimum Gasteiger partial charge on any atom is -0.107 e. The molecule has 0 aliphatic rings. The molecule has 0 heterocycles. The number of hydrogen-bond donors (Lipinski definition) is 0. The van der Waals surface area contributed by atoms with Crippen molar-refractivity contribution in [3.63, 3.8) is 0 Å². The van der Waals surface area contributed by atoms with Crippen molar-refractivity contribution in [3.05, 3.63) is 0 Å². The van der Waals surface area contributed by atoms with Gasteiger partial charge in [0.2, 0.25) is 0 Å². The van der Waals surface area contributed by atoms with Crippen LogP contribution in [0.4, 0.5) is 0 Å². The Morgan fingerprint density at radius 2 is 0.750 bits per heavy atom. The van der Waals surface area contributed by atoms with Crippen molar-refractivity contribution < 1.29 is 0 Å². The third-order valence-corrected chi connectivity index (χ3v) is 6.83. The molecule has 0 aromatic rings.